The molecule has 0 aliphatic carbocycles. The van der Waals surface area contributed by atoms with Gasteiger partial charge in [-0.25, -0.2) is 8.78 Å². The monoisotopic (exact) mass is 497 g/mol. The molecule has 2 aliphatic heterocycles. The van der Waals surface area contributed by atoms with E-state index in [2.05, 4.69) is 30.6 Å². The lowest BCUT2D eigenvalue weighted by Gasteiger charge is -2.48. The molecule has 2 aromatic carbocycles. The van der Waals surface area contributed by atoms with Gasteiger partial charge in [0, 0.05) is 57.1 Å². The van der Waals surface area contributed by atoms with E-state index in [1.165, 1.54) is 24.3 Å². The summed E-state index contributed by atoms with van der Waals surface area (Å²) in [6.07, 6.45) is 2.39. The molecule has 0 N–H and O–H groups in total. The number of benzene rings is 2. The Morgan fingerprint density at radius 3 is 1.69 bits per heavy atom. The summed E-state index contributed by atoms with van der Waals surface area (Å²) in [5, 5.41) is 0. The molecular formula is C29H37F2N3O2. The minimum atomic E-state index is -0.852. The topological polar surface area (TPSA) is 43.9 Å². The van der Waals surface area contributed by atoms with Crippen molar-refractivity contribution in [2.45, 2.75) is 51.1 Å². The van der Waals surface area contributed by atoms with Crippen LogP contribution in [0.15, 0.2) is 48.5 Å². The number of hydrogen-bond acceptors (Lipinski definition) is 4. The molecule has 2 aliphatic rings. The molecule has 0 spiro atoms. The molecule has 0 unspecified atom stereocenters. The van der Waals surface area contributed by atoms with Crippen LogP contribution in [0, 0.1) is 17.6 Å². The Kier molecular flexibility index (Phi) is 7.90. The predicted octanol–water partition coefficient (Wildman–Crippen LogP) is 4.45. The zero-order valence-electron chi connectivity index (χ0n) is 21.6. The summed E-state index contributed by atoms with van der Waals surface area (Å²) in [5.41, 5.74) is 0.815. The summed E-state index contributed by atoms with van der Waals surface area (Å²) in [5.74, 6) is -0.548. The molecule has 0 atom stereocenters. The highest BCUT2D eigenvalue weighted by atomic mass is 19.1. The summed E-state index contributed by atoms with van der Waals surface area (Å²) >= 11 is 0. The lowest BCUT2D eigenvalue weighted by atomic mass is 9.77. The van der Waals surface area contributed by atoms with E-state index >= 15 is 0 Å². The molecule has 1 amide bonds. The van der Waals surface area contributed by atoms with Crippen LogP contribution in [0.1, 0.15) is 51.2 Å². The standard InChI is InChI=1S/C29H37F2N3O2/c1-28(2,3)33-19-17-32(18-20-33)27(36)22-12-15-34(16-13-22)29(14-21-35,23-4-8-25(30)9-5-23)24-6-10-26(31)11-7-24/h4-11,21-22H,12-20H2,1-3H3. The van der Waals surface area contributed by atoms with Gasteiger partial charge < -0.3 is 9.69 Å². The molecule has 7 heteroatoms. The quantitative estimate of drug-likeness (QED) is 0.553. The summed E-state index contributed by atoms with van der Waals surface area (Å²) in [6.45, 7) is 11.1. The Bertz CT molecular complexity index is 988. The first-order chi connectivity index (χ1) is 17.1. The molecular weight excluding hydrogens is 460 g/mol. The first-order valence-corrected chi connectivity index (χ1v) is 12.9. The Labute approximate surface area is 213 Å². The average molecular weight is 498 g/mol. The van der Waals surface area contributed by atoms with Gasteiger partial charge in [0.2, 0.25) is 5.91 Å². The summed E-state index contributed by atoms with van der Waals surface area (Å²) in [6, 6.07) is 12.4. The summed E-state index contributed by atoms with van der Waals surface area (Å²) < 4.78 is 27.6. The highest BCUT2D eigenvalue weighted by molar-refractivity contribution is 5.79. The number of nitrogens with zero attached hydrogens (tertiary/aromatic N) is 3. The molecule has 2 heterocycles. The van der Waals surface area contributed by atoms with Gasteiger partial charge in [-0.3, -0.25) is 14.6 Å². The number of piperidine rings is 1. The number of aldehydes is 1. The van der Waals surface area contributed by atoms with E-state index in [9.17, 15) is 18.4 Å². The van der Waals surface area contributed by atoms with Crippen molar-refractivity contribution in [2.24, 2.45) is 5.92 Å². The van der Waals surface area contributed by atoms with Crippen LogP contribution < -0.4 is 0 Å². The van der Waals surface area contributed by atoms with Gasteiger partial charge in [-0.1, -0.05) is 24.3 Å². The second kappa shape index (κ2) is 10.8. The molecule has 2 aromatic rings. The van der Waals surface area contributed by atoms with Crippen molar-refractivity contribution in [3.8, 4) is 0 Å². The van der Waals surface area contributed by atoms with Gasteiger partial charge in [0.1, 0.15) is 17.9 Å². The van der Waals surface area contributed by atoms with Crippen molar-refractivity contribution in [3.63, 3.8) is 0 Å². The van der Waals surface area contributed by atoms with Gasteiger partial charge in [-0.15, -0.1) is 0 Å². The van der Waals surface area contributed by atoms with Crippen molar-refractivity contribution in [1.82, 2.24) is 14.7 Å². The van der Waals surface area contributed by atoms with E-state index < -0.39 is 5.54 Å². The van der Waals surface area contributed by atoms with Gasteiger partial charge in [0.25, 0.3) is 0 Å². The Hall–Kier alpha value is -2.64. The normalized spacial score (nSPS) is 18.9. The van der Waals surface area contributed by atoms with Crippen LogP contribution in [-0.2, 0) is 15.1 Å². The molecule has 0 aromatic heterocycles. The van der Waals surface area contributed by atoms with Crippen LogP contribution in [0.25, 0.3) is 0 Å². The van der Waals surface area contributed by atoms with Crippen LogP contribution in [0.3, 0.4) is 0 Å². The van der Waals surface area contributed by atoms with Crippen LogP contribution in [0.4, 0.5) is 8.78 Å². The number of carbonyl (C=O) groups excluding carboxylic acids is 2. The third-order valence-corrected chi connectivity index (χ3v) is 7.95. The van der Waals surface area contributed by atoms with Gasteiger partial charge in [0.15, 0.2) is 0 Å². The van der Waals surface area contributed by atoms with Crippen LogP contribution in [-0.4, -0.2) is 71.7 Å². The van der Waals surface area contributed by atoms with Gasteiger partial charge in [0.05, 0.1) is 5.54 Å². The molecule has 194 valence electrons. The first kappa shape index (κ1) is 26.4. The van der Waals surface area contributed by atoms with E-state index in [0.29, 0.717) is 25.9 Å². The maximum absolute atomic E-state index is 13.8. The van der Waals surface area contributed by atoms with Crippen molar-refractivity contribution in [3.05, 3.63) is 71.3 Å². The number of halogens is 2. The number of carbonyl (C=O) groups is 2. The number of rotatable bonds is 6. The number of amides is 1. The fourth-order valence-corrected chi connectivity index (χ4v) is 5.83. The zero-order valence-corrected chi connectivity index (χ0v) is 21.6. The fraction of sp³-hybridized carbons (Fsp3) is 0.517. The first-order valence-electron chi connectivity index (χ1n) is 12.9. The highest BCUT2D eigenvalue weighted by Gasteiger charge is 2.43. The molecule has 0 saturated carbocycles. The Morgan fingerprint density at radius 1 is 0.806 bits per heavy atom. The average Bonchev–Trinajstić information content (AvgIpc) is 2.88. The van der Waals surface area contributed by atoms with Crippen LogP contribution >= 0.6 is 0 Å². The number of likely N-dealkylation sites (tertiary alicyclic amines) is 1. The molecule has 36 heavy (non-hydrogen) atoms. The van der Waals surface area contributed by atoms with E-state index in [4.69, 9.17) is 0 Å². The van der Waals surface area contributed by atoms with Crippen molar-refractivity contribution in [2.75, 3.05) is 39.3 Å². The molecule has 0 radical (unpaired) electrons. The SMILES string of the molecule is CC(C)(C)N1CCN(C(=O)C2CCN(C(CC=O)(c3ccc(F)cc3)c3ccc(F)cc3)CC2)CC1. The largest absolute Gasteiger partial charge is 0.340 e. The zero-order chi connectivity index (χ0) is 25.9. The lowest BCUT2D eigenvalue weighted by molar-refractivity contribution is -0.140. The molecule has 0 bridgehead atoms. The second-order valence-electron chi connectivity index (χ2n) is 11.0. The van der Waals surface area contributed by atoms with Crippen molar-refractivity contribution in [1.29, 1.82) is 0 Å². The van der Waals surface area contributed by atoms with E-state index in [1.54, 1.807) is 24.3 Å². The summed E-state index contributed by atoms with van der Waals surface area (Å²) in [4.78, 5) is 32.0. The number of hydrogen-bond donors (Lipinski definition) is 0. The Morgan fingerprint density at radius 2 is 1.28 bits per heavy atom. The minimum Gasteiger partial charge on any atom is -0.340 e. The fourth-order valence-electron chi connectivity index (χ4n) is 5.83. The minimum absolute atomic E-state index is 0.0576. The third-order valence-electron chi connectivity index (χ3n) is 7.95. The van der Waals surface area contributed by atoms with Crippen LogP contribution in [0.5, 0.6) is 0 Å². The van der Waals surface area contributed by atoms with Gasteiger partial charge in [-0.2, -0.15) is 0 Å². The number of piperazine rings is 1. The molecule has 2 saturated heterocycles. The van der Waals surface area contributed by atoms with Gasteiger partial charge >= 0.3 is 0 Å². The van der Waals surface area contributed by atoms with E-state index in [1.807, 2.05) is 4.90 Å². The maximum atomic E-state index is 13.8. The van der Waals surface area contributed by atoms with Gasteiger partial charge in [-0.05, 0) is 69.0 Å². The van der Waals surface area contributed by atoms with E-state index in [-0.39, 0.29) is 35.4 Å². The van der Waals surface area contributed by atoms with Crippen LogP contribution in [0.2, 0.25) is 0 Å². The molecule has 5 nitrogen and oxygen atoms in total. The Balaban J connectivity index is 1.53. The predicted molar refractivity (Wildman–Crippen MR) is 136 cm³/mol. The van der Waals surface area contributed by atoms with Crippen molar-refractivity contribution >= 4 is 12.2 Å². The third kappa shape index (κ3) is 5.37. The summed E-state index contributed by atoms with van der Waals surface area (Å²) in [7, 11) is 0. The molecule has 4 rings (SSSR count). The maximum Gasteiger partial charge on any atom is 0.225 e. The molecule has 2 fully saturated rings. The highest BCUT2D eigenvalue weighted by Crippen LogP contribution is 2.41. The van der Waals surface area contributed by atoms with E-state index in [0.717, 1.165) is 43.6 Å². The second-order valence-corrected chi connectivity index (χ2v) is 11.0. The smallest absolute Gasteiger partial charge is 0.225 e. The van der Waals surface area contributed by atoms with Crippen molar-refractivity contribution < 1.29 is 18.4 Å². The lowest BCUT2D eigenvalue weighted by Crippen LogP contribution is -2.57.